The summed E-state index contributed by atoms with van der Waals surface area (Å²) in [6.45, 7) is 2.70. The Hall–Kier alpha value is -0.710. The fourth-order valence-electron chi connectivity index (χ4n) is 3.62. The molecule has 0 aromatic rings. The molecule has 2 rings (SSSR count). The summed E-state index contributed by atoms with van der Waals surface area (Å²) in [4.78, 5) is 27.1. The van der Waals surface area contributed by atoms with Crippen molar-refractivity contribution in [2.75, 3.05) is 18.6 Å². The van der Waals surface area contributed by atoms with Crippen molar-refractivity contribution in [3.63, 3.8) is 0 Å². The van der Waals surface area contributed by atoms with Gasteiger partial charge in [-0.3, -0.25) is 9.59 Å². The van der Waals surface area contributed by atoms with Crippen LogP contribution in [0.5, 0.6) is 0 Å². The van der Waals surface area contributed by atoms with Crippen LogP contribution in [0, 0.1) is 5.92 Å². The maximum absolute atomic E-state index is 12.8. The van der Waals surface area contributed by atoms with Crippen LogP contribution in [0.3, 0.4) is 0 Å². The molecule has 2 aliphatic rings. The summed E-state index contributed by atoms with van der Waals surface area (Å²) < 4.78 is 0. The Morgan fingerprint density at radius 2 is 1.95 bits per heavy atom. The lowest BCUT2D eigenvalue weighted by Crippen LogP contribution is -2.65. The number of carbonyl (C=O) groups excluding carboxylic acids is 2. The second-order valence-electron chi connectivity index (χ2n) is 6.19. The van der Waals surface area contributed by atoms with Gasteiger partial charge in [0.05, 0.1) is 0 Å². The average Bonchev–Trinajstić information content (AvgIpc) is 2.51. The summed E-state index contributed by atoms with van der Waals surface area (Å²) in [6, 6.07) is -0.533. The number of nitrogens with zero attached hydrogens (tertiary/aromatic N) is 1. The Morgan fingerprint density at radius 3 is 2.57 bits per heavy atom. The van der Waals surface area contributed by atoms with E-state index in [1.54, 1.807) is 11.8 Å². The molecule has 0 spiro atoms. The van der Waals surface area contributed by atoms with Crippen molar-refractivity contribution in [2.45, 2.75) is 64.0 Å². The van der Waals surface area contributed by atoms with Gasteiger partial charge >= 0.3 is 0 Å². The van der Waals surface area contributed by atoms with Gasteiger partial charge < -0.3 is 10.2 Å². The standard InChI is InChI=1S/C16H28N2O2S/c1-3-13-15(19)17-14(12-8-5-4-6-9-12)16(20)18(13)10-7-11-21-2/h12-14H,3-11H2,1-2H3,(H,17,19). The highest BCUT2D eigenvalue weighted by Gasteiger charge is 2.42. The molecule has 1 N–H and O–H groups in total. The first kappa shape index (κ1) is 16.7. The van der Waals surface area contributed by atoms with Gasteiger partial charge in [-0.25, -0.2) is 0 Å². The molecule has 2 amide bonds. The molecule has 0 aromatic heterocycles. The summed E-state index contributed by atoms with van der Waals surface area (Å²) in [7, 11) is 0. The summed E-state index contributed by atoms with van der Waals surface area (Å²) >= 11 is 1.79. The largest absolute Gasteiger partial charge is 0.342 e. The van der Waals surface area contributed by atoms with Gasteiger partial charge in [0.25, 0.3) is 0 Å². The van der Waals surface area contributed by atoms with Crippen molar-refractivity contribution in [3.8, 4) is 0 Å². The van der Waals surface area contributed by atoms with Crippen LogP contribution >= 0.6 is 11.8 Å². The summed E-state index contributed by atoms with van der Waals surface area (Å²) in [5.74, 6) is 1.60. The Kier molecular flexibility index (Phi) is 6.40. The van der Waals surface area contributed by atoms with Crippen molar-refractivity contribution >= 4 is 23.6 Å². The van der Waals surface area contributed by atoms with Crippen LogP contribution in [0.15, 0.2) is 0 Å². The van der Waals surface area contributed by atoms with Gasteiger partial charge in [-0.2, -0.15) is 11.8 Å². The van der Waals surface area contributed by atoms with Crippen LogP contribution in [0.4, 0.5) is 0 Å². The first-order valence-corrected chi connectivity index (χ1v) is 9.68. The monoisotopic (exact) mass is 312 g/mol. The molecule has 2 atom stereocenters. The van der Waals surface area contributed by atoms with Gasteiger partial charge in [0, 0.05) is 6.54 Å². The lowest BCUT2D eigenvalue weighted by atomic mass is 9.82. The van der Waals surface area contributed by atoms with Crippen LogP contribution in [-0.2, 0) is 9.59 Å². The zero-order valence-corrected chi connectivity index (χ0v) is 14.1. The predicted octanol–water partition coefficient (Wildman–Crippen LogP) is 2.43. The molecule has 0 radical (unpaired) electrons. The molecule has 0 bridgehead atoms. The molecule has 1 heterocycles. The number of rotatable bonds is 6. The molecule has 21 heavy (non-hydrogen) atoms. The second kappa shape index (κ2) is 8.06. The summed E-state index contributed by atoms with van der Waals surface area (Å²) in [5, 5.41) is 3.02. The van der Waals surface area contributed by atoms with Gasteiger partial charge in [-0.05, 0) is 43.6 Å². The van der Waals surface area contributed by atoms with Crippen molar-refractivity contribution in [1.82, 2.24) is 10.2 Å². The third-order valence-corrected chi connectivity index (χ3v) is 5.48. The molecular formula is C16H28N2O2S. The maximum atomic E-state index is 12.8. The van der Waals surface area contributed by atoms with E-state index < -0.39 is 0 Å². The average molecular weight is 312 g/mol. The number of carbonyl (C=O) groups is 2. The molecule has 2 unspecified atom stereocenters. The fourth-order valence-corrected chi connectivity index (χ4v) is 4.04. The molecular weight excluding hydrogens is 284 g/mol. The normalized spacial score (nSPS) is 27.8. The van der Waals surface area contributed by atoms with Gasteiger partial charge in [-0.15, -0.1) is 0 Å². The first-order chi connectivity index (χ1) is 10.2. The molecule has 4 nitrogen and oxygen atoms in total. The quantitative estimate of drug-likeness (QED) is 0.766. The lowest BCUT2D eigenvalue weighted by Gasteiger charge is -2.42. The molecule has 1 aliphatic heterocycles. The van der Waals surface area contributed by atoms with Crippen LogP contribution in [0.25, 0.3) is 0 Å². The molecule has 5 heteroatoms. The van der Waals surface area contributed by atoms with E-state index in [-0.39, 0.29) is 23.9 Å². The molecule has 1 aliphatic carbocycles. The van der Waals surface area contributed by atoms with Gasteiger partial charge in [0.1, 0.15) is 12.1 Å². The molecule has 1 saturated heterocycles. The topological polar surface area (TPSA) is 49.4 Å². The van der Waals surface area contributed by atoms with E-state index in [1.807, 2.05) is 11.8 Å². The van der Waals surface area contributed by atoms with E-state index in [1.165, 1.54) is 19.3 Å². The van der Waals surface area contributed by atoms with Crippen molar-refractivity contribution in [2.24, 2.45) is 5.92 Å². The number of thioether (sulfide) groups is 1. The van der Waals surface area contributed by atoms with Crippen LogP contribution in [0.1, 0.15) is 51.9 Å². The van der Waals surface area contributed by atoms with Gasteiger partial charge in [0.2, 0.25) is 11.8 Å². The number of hydrogen-bond acceptors (Lipinski definition) is 3. The Morgan fingerprint density at radius 1 is 1.24 bits per heavy atom. The van der Waals surface area contributed by atoms with E-state index in [0.29, 0.717) is 12.3 Å². The van der Waals surface area contributed by atoms with Crippen LogP contribution in [0.2, 0.25) is 0 Å². The van der Waals surface area contributed by atoms with E-state index in [4.69, 9.17) is 0 Å². The van der Waals surface area contributed by atoms with Crippen LogP contribution in [-0.4, -0.2) is 47.4 Å². The highest BCUT2D eigenvalue weighted by atomic mass is 32.2. The minimum absolute atomic E-state index is 0.0526. The zero-order valence-electron chi connectivity index (χ0n) is 13.3. The summed E-state index contributed by atoms with van der Waals surface area (Å²) in [6.07, 6.45) is 9.54. The van der Waals surface area contributed by atoms with Gasteiger partial charge in [-0.1, -0.05) is 26.2 Å². The minimum Gasteiger partial charge on any atom is -0.342 e. The highest BCUT2D eigenvalue weighted by molar-refractivity contribution is 7.98. The number of nitrogens with one attached hydrogen (secondary N) is 1. The molecule has 0 aromatic carbocycles. The molecule has 1 saturated carbocycles. The van der Waals surface area contributed by atoms with E-state index in [9.17, 15) is 9.59 Å². The Balaban J connectivity index is 2.06. The van der Waals surface area contributed by atoms with Crippen molar-refractivity contribution < 1.29 is 9.59 Å². The summed E-state index contributed by atoms with van der Waals surface area (Å²) in [5.41, 5.74) is 0. The van der Waals surface area contributed by atoms with E-state index >= 15 is 0 Å². The Bertz CT molecular complexity index is 369. The first-order valence-electron chi connectivity index (χ1n) is 8.28. The Labute approximate surface area is 132 Å². The third kappa shape index (κ3) is 3.93. The van der Waals surface area contributed by atoms with E-state index in [0.717, 1.165) is 31.6 Å². The van der Waals surface area contributed by atoms with Gasteiger partial charge in [0.15, 0.2) is 0 Å². The van der Waals surface area contributed by atoms with Crippen LogP contribution < -0.4 is 5.32 Å². The van der Waals surface area contributed by atoms with Crippen molar-refractivity contribution in [3.05, 3.63) is 0 Å². The SMILES string of the molecule is CCC1C(=O)NC(C2CCCCC2)C(=O)N1CCCSC. The van der Waals surface area contributed by atoms with E-state index in [2.05, 4.69) is 11.6 Å². The lowest BCUT2D eigenvalue weighted by molar-refractivity contribution is -0.151. The number of piperazine rings is 1. The molecule has 2 fully saturated rings. The fraction of sp³-hybridized carbons (Fsp3) is 0.875. The second-order valence-corrected chi connectivity index (χ2v) is 7.17. The molecule has 120 valence electrons. The van der Waals surface area contributed by atoms with Crippen molar-refractivity contribution in [1.29, 1.82) is 0 Å². The minimum atomic E-state index is -0.269. The maximum Gasteiger partial charge on any atom is 0.246 e. The zero-order chi connectivity index (χ0) is 15.2. The number of amides is 2. The smallest absolute Gasteiger partial charge is 0.246 e. The highest BCUT2D eigenvalue weighted by Crippen LogP contribution is 2.29. The number of hydrogen-bond donors (Lipinski definition) is 1. The third-order valence-electron chi connectivity index (χ3n) is 4.78. The predicted molar refractivity (Wildman–Crippen MR) is 87.3 cm³/mol.